The lowest BCUT2D eigenvalue weighted by molar-refractivity contribution is 0.576. The highest BCUT2D eigenvalue weighted by atomic mass is 79.9. The highest BCUT2D eigenvalue weighted by Gasteiger charge is 2.25. The van der Waals surface area contributed by atoms with Gasteiger partial charge in [0.05, 0.1) is 5.25 Å². The van der Waals surface area contributed by atoms with Crippen LogP contribution in [0.2, 0.25) is 0 Å². The summed E-state index contributed by atoms with van der Waals surface area (Å²) in [4.78, 5) is 0. The van der Waals surface area contributed by atoms with Gasteiger partial charge in [-0.05, 0) is 50.5 Å². The molecule has 0 saturated heterocycles. The van der Waals surface area contributed by atoms with Crippen molar-refractivity contribution in [2.75, 3.05) is 11.3 Å². The predicted octanol–water partition coefficient (Wildman–Crippen LogP) is 2.64. The van der Waals surface area contributed by atoms with Gasteiger partial charge in [-0.2, -0.15) is 0 Å². The summed E-state index contributed by atoms with van der Waals surface area (Å²) in [6.45, 7) is 4.15. The molecule has 1 fully saturated rings. The molecule has 1 aromatic rings. The average Bonchev–Trinajstić information content (AvgIpc) is 3.07. The Morgan fingerprint density at radius 3 is 2.63 bits per heavy atom. The van der Waals surface area contributed by atoms with E-state index < -0.39 is 15.3 Å². The van der Waals surface area contributed by atoms with Crippen molar-refractivity contribution in [3.63, 3.8) is 0 Å². The number of nitrogens with one attached hydrogen (secondary N) is 2. The SMILES string of the molecule is Cc1cc(Br)cc(NS(=O)(=O)C(C)CNC2CC2)c1. The fourth-order valence-electron chi connectivity index (χ4n) is 1.79. The van der Waals surface area contributed by atoms with Gasteiger partial charge in [-0.25, -0.2) is 8.42 Å². The first-order chi connectivity index (χ1) is 8.87. The van der Waals surface area contributed by atoms with Gasteiger partial charge in [0, 0.05) is 22.7 Å². The summed E-state index contributed by atoms with van der Waals surface area (Å²) in [7, 11) is -3.35. The fourth-order valence-corrected chi connectivity index (χ4v) is 3.36. The topological polar surface area (TPSA) is 58.2 Å². The monoisotopic (exact) mass is 346 g/mol. The molecule has 0 amide bonds. The maximum Gasteiger partial charge on any atom is 0.236 e. The summed E-state index contributed by atoms with van der Waals surface area (Å²) in [5.74, 6) is 0. The van der Waals surface area contributed by atoms with Gasteiger partial charge in [0.15, 0.2) is 0 Å². The first-order valence-corrected chi connectivity index (χ1v) is 8.73. The first kappa shape index (κ1) is 14.8. The van der Waals surface area contributed by atoms with Crippen LogP contribution in [-0.2, 0) is 10.0 Å². The fraction of sp³-hybridized carbons (Fsp3) is 0.538. The molecule has 0 radical (unpaired) electrons. The third-order valence-electron chi connectivity index (χ3n) is 3.10. The molecule has 6 heteroatoms. The van der Waals surface area contributed by atoms with E-state index in [-0.39, 0.29) is 0 Å². The molecule has 0 aliphatic heterocycles. The molecule has 1 aliphatic carbocycles. The quantitative estimate of drug-likeness (QED) is 0.832. The Balaban J connectivity index is 2.02. The summed E-state index contributed by atoms with van der Waals surface area (Å²) in [6, 6.07) is 6.05. The Hall–Kier alpha value is -0.590. The van der Waals surface area contributed by atoms with Crippen molar-refractivity contribution in [3.8, 4) is 0 Å². The van der Waals surface area contributed by atoms with E-state index in [1.165, 1.54) is 0 Å². The summed E-state index contributed by atoms with van der Waals surface area (Å²) in [5, 5.41) is 2.79. The minimum Gasteiger partial charge on any atom is -0.313 e. The minimum atomic E-state index is -3.35. The smallest absolute Gasteiger partial charge is 0.236 e. The van der Waals surface area contributed by atoms with E-state index in [2.05, 4.69) is 26.0 Å². The van der Waals surface area contributed by atoms with Crippen molar-refractivity contribution >= 4 is 31.6 Å². The molecule has 0 heterocycles. The molecule has 1 aliphatic rings. The second kappa shape index (κ2) is 5.81. The van der Waals surface area contributed by atoms with E-state index >= 15 is 0 Å². The molecule has 2 N–H and O–H groups in total. The van der Waals surface area contributed by atoms with Crippen LogP contribution in [-0.4, -0.2) is 26.3 Å². The Labute approximate surface area is 123 Å². The third-order valence-corrected chi connectivity index (χ3v) is 5.31. The van der Waals surface area contributed by atoms with Crippen LogP contribution in [0.3, 0.4) is 0 Å². The first-order valence-electron chi connectivity index (χ1n) is 6.39. The standard InChI is InChI=1S/C13H19BrN2O2S/c1-9-5-11(14)7-13(6-9)16-19(17,18)10(2)8-15-12-3-4-12/h5-7,10,12,15-16H,3-4,8H2,1-2H3. The number of hydrogen-bond acceptors (Lipinski definition) is 3. The second-order valence-corrected chi connectivity index (χ2v) is 8.17. The van der Waals surface area contributed by atoms with Gasteiger partial charge in [0.1, 0.15) is 0 Å². The number of sulfonamides is 1. The molecule has 19 heavy (non-hydrogen) atoms. The summed E-state index contributed by atoms with van der Waals surface area (Å²) in [5.41, 5.74) is 1.61. The van der Waals surface area contributed by atoms with E-state index in [4.69, 9.17) is 0 Å². The van der Waals surface area contributed by atoms with Crippen LogP contribution in [0.15, 0.2) is 22.7 Å². The Morgan fingerprint density at radius 1 is 1.37 bits per heavy atom. The van der Waals surface area contributed by atoms with Gasteiger partial charge in [-0.3, -0.25) is 4.72 Å². The normalized spacial score (nSPS) is 17.2. The molecule has 0 spiro atoms. The van der Waals surface area contributed by atoms with Crippen LogP contribution >= 0.6 is 15.9 Å². The lowest BCUT2D eigenvalue weighted by atomic mass is 10.2. The molecule has 1 atom stereocenters. The van der Waals surface area contributed by atoms with E-state index in [0.717, 1.165) is 22.9 Å². The largest absolute Gasteiger partial charge is 0.313 e. The van der Waals surface area contributed by atoms with Crippen LogP contribution in [0.5, 0.6) is 0 Å². The molecule has 1 aromatic carbocycles. The van der Waals surface area contributed by atoms with E-state index in [1.54, 1.807) is 13.0 Å². The molecular weight excluding hydrogens is 328 g/mol. The van der Waals surface area contributed by atoms with Gasteiger partial charge in [0.25, 0.3) is 0 Å². The van der Waals surface area contributed by atoms with Crippen LogP contribution in [0.4, 0.5) is 5.69 Å². The van der Waals surface area contributed by atoms with E-state index in [0.29, 0.717) is 18.3 Å². The van der Waals surface area contributed by atoms with Crippen molar-refractivity contribution < 1.29 is 8.42 Å². The van der Waals surface area contributed by atoms with Gasteiger partial charge < -0.3 is 5.32 Å². The zero-order chi connectivity index (χ0) is 14.0. The molecule has 4 nitrogen and oxygen atoms in total. The van der Waals surface area contributed by atoms with Crippen molar-refractivity contribution in [2.24, 2.45) is 0 Å². The highest BCUT2D eigenvalue weighted by molar-refractivity contribution is 9.10. The molecule has 1 saturated carbocycles. The summed E-state index contributed by atoms with van der Waals surface area (Å²) >= 11 is 3.37. The van der Waals surface area contributed by atoms with E-state index in [9.17, 15) is 8.42 Å². The van der Waals surface area contributed by atoms with E-state index in [1.807, 2.05) is 19.1 Å². The number of halogens is 1. The Kier molecular flexibility index (Phi) is 4.53. The van der Waals surface area contributed by atoms with Crippen LogP contribution in [0.1, 0.15) is 25.3 Å². The highest BCUT2D eigenvalue weighted by Crippen LogP contribution is 2.22. The zero-order valence-corrected chi connectivity index (χ0v) is 13.5. The number of aryl methyl sites for hydroxylation is 1. The minimum absolute atomic E-state index is 0.451. The van der Waals surface area contributed by atoms with Crippen molar-refractivity contribution in [2.45, 2.75) is 38.0 Å². The third kappa shape index (κ3) is 4.47. The van der Waals surface area contributed by atoms with Gasteiger partial charge in [-0.1, -0.05) is 15.9 Å². The zero-order valence-electron chi connectivity index (χ0n) is 11.1. The van der Waals surface area contributed by atoms with Crippen molar-refractivity contribution in [3.05, 3.63) is 28.2 Å². The Bertz CT molecular complexity index is 536. The number of hydrogen-bond donors (Lipinski definition) is 2. The molecule has 0 aromatic heterocycles. The van der Waals surface area contributed by atoms with Crippen LogP contribution < -0.4 is 10.0 Å². The molecule has 1 unspecified atom stereocenters. The van der Waals surface area contributed by atoms with Crippen LogP contribution in [0, 0.1) is 6.92 Å². The average molecular weight is 347 g/mol. The molecule has 2 rings (SSSR count). The van der Waals surface area contributed by atoms with Gasteiger partial charge >= 0.3 is 0 Å². The molecule has 0 bridgehead atoms. The summed E-state index contributed by atoms with van der Waals surface area (Å²) < 4.78 is 27.9. The number of rotatable bonds is 6. The van der Waals surface area contributed by atoms with Crippen LogP contribution in [0.25, 0.3) is 0 Å². The molecule has 106 valence electrons. The van der Waals surface area contributed by atoms with Crippen molar-refractivity contribution in [1.82, 2.24) is 5.32 Å². The van der Waals surface area contributed by atoms with Crippen molar-refractivity contribution in [1.29, 1.82) is 0 Å². The molecular formula is C13H19BrN2O2S. The number of anilines is 1. The predicted molar refractivity (Wildman–Crippen MR) is 81.9 cm³/mol. The number of benzene rings is 1. The maximum atomic E-state index is 12.2. The maximum absolute atomic E-state index is 12.2. The second-order valence-electron chi connectivity index (χ2n) is 5.16. The summed E-state index contributed by atoms with van der Waals surface area (Å²) in [6.07, 6.45) is 2.32. The van der Waals surface area contributed by atoms with Gasteiger partial charge in [-0.15, -0.1) is 0 Å². The Morgan fingerprint density at radius 2 is 2.05 bits per heavy atom. The lowest BCUT2D eigenvalue weighted by Gasteiger charge is -2.16. The lowest BCUT2D eigenvalue weighted by Crippen LogP contribution is -2.35. The van der Waals surface area contributed by atoms with Gasteiger partial charge in [0.2, 0.25) is 10.0 Å².